The van der Waals surface area contributed by atoms with Crippen LogP contribution >= 0.6 is 11.3 Å². The van der Waals surface area contributed by atoms with Crippen molar-refractivity contribution in [1.82, 2.24) is 9.21 Å². The van der Waals surface area contributed by atoms with E-state index in [1.807, 2.05) is 6.92 Å². The van der Waals surface area contributed by atoms with Crippen LogP contribution in [0.2, 0.25) is 0 Å². The first-order valence-electron chi connectivity index (χ1n) is 12.8. The van der Waals surface area contributed by atoms with Crippen LogP contribution in [-0.4, -0.2) is 75.9 Å². The highest BCUT2D eigenvalue weighted by atomic mass is 32.2. The molecule has 0 aliphatic carbocycles. The minimum absolute atomic E-state index is 0.0779. The molecule has 0 saturated heterocycles. The number of carbonyl (C=O) groups excluding carboxylic acids is 1. The molecule has 41 heavy (non-hydrogen) atoms. The minimum atomic E-state index is -3.99. The molecule has 0 bridgehead atoms. The fourth-order valence-corrected chi connectivity index (χ4v) is 7.70. The first-order valence-corrected chi connectivity index (χ1v) is 16.6. The molecule has 2 N–H and O–H groups in total. The van der Waals surface area contributed by atoms with E-state index < -0.39 is 38.0 Å². The fraction of sp³-hybridized carbons (Fsp3) is 0.370. The van der Waals surface area contributed by atoms with Gasteiger partial charge in [0.15, 0.2) is 0 Å². The summed E-state index contributed by atoms with van der Waals surface area (Å²) in [6.07, 6.45) is -0.862. The highest BCUT2D eigenvalue weighted by Crippen LogP contribution is 2.31. The summed E-state index contributed by atoms with van der Waals surface area (Å²) in [4.78, 5) is 14.8. The van der Waals surface area contributed by atoms with Crippen molar-refractivity contribution in [3.63, 3.8) is 0 Å². The van der Waals surface area contributed by atoms with Gasteiger partial charge >= 0.3 is 0 Å². The number of nitrogens with one attached hydrogen (secondary N) is 1. The number of carbonyl (C=O) groups is 1. The van der Waals surface area contributed by atoms with E-state index in [9.17, 15) is 31.1 Å². The van der Waals surface area contributed by atoms with Crippen LogP contribution in [0.25, 0.3) is 0 Å². The monoisotopic (exact) mass is 625 g/mol. The number of rotatable bonds is 9. The van der Waals surface area contributed by atoms with Crippen LogP contribution < -0.4 is 9.46 Å². The van der Waals surface area contributed by atoms with Crippen molar-refractivity contribution in [1.29, 1.82) is 0 Å². The SMILES string of the molecule is C[C@H]1CN([C@@H](C)CO)C(=O)Cc2cc(NS(=O)(=O)c3cccs3)ccc2O[C@H]1CN(C)S(=O)(=O)c1ccc(F)cc1. The molecule has 3 atom stereocenters. The molecule has 1 aliphatic rings. The Morgan fingerprint density at radius 2 is 1.88 bits per heavy atom. The summed E-state index contributed by atoms with van der Waals surface area (Å²) in [7, 11) is -6.44. The van der Waals surface area contributed by atoms with Gasteiger partial charge in [-0.15, -0.1) is 11.3 Å². The molecule has 0 unspecified atom stereocenters. The lowest BCUT2D eigenvalue weighted by Gasteiger charge is -2.33. The van der Waals surface area contributed by atoms with Crippen molar-refractivity contribution in [3.8, 4) is 5.75 Å². The van der Waals surface area contributed by atoms with Gasteiger partial charge in [0.1, 0.15) is 21.9 Å². The summed E-state index contributed by atoms with van der Waals surface area (Å²) in [5.41, 5.74) is 0.634. The second-order valence-corrected chi connectivity index (χ2v) is 14.9. The summed E-state index contributed by atoms with van der Waals surface area (Å²) in [5.74, 6) is -0.923. The van der Waals surface area contributed by atoms with Crippen molar-refractivity contribution >= 4 is 43.0 Å². The van der Waals surface area contributed by atoms with Crippen molar-refractivity contribution in [3.05, 3.63) is 71.4 Å². The number of anilines is 1. The van der Waals surface area contributed by atoms with Crippen LogP contribution in [0.15, 0.2) is 69.1 Å². The van der Waals surface area contributed by atoms with E-state index in [2.05, 4.69) is 4.72 Å². The molecule has 222 valence electrons. The molecule has 0 spiro atoms. The van der Waals surface area contributed by atoms with Gasteiger partial charge in [0.2, 0.25) is 15.9 Å². The zero-order valence-corrected chi connectivity index (χ0v) is 25.2. The molecule has 14 heteroatoms. The zero-order valence-electron chi connectivity index (χ0n) is 22.7. The maximum atomic E-state index is 13.4. The quantitative estimate of drug-likeness (QED) is 0.373. The highest BCUT2D eigenvalue weighted by molar-refractivity contribution is 7.94. The van der Waals surface area contributed by atoms with Crippen LogP contribution in [0.5, 0.6) is 5.75 Å². The number of fused-ring (bicyclic) bond motifs is 1. The molecular formula is C27H32FN3O7S3. The lowest BCUT2D eigenvalue weighted by atomic mass is 10.0. The number of aliphatic hydroxyl groups is 1. The molecular weight excluding hydrogens is 594 g/mol. The van der Waals surface area contributed by atoms with E-state index in [1.165, 1.54) is 42.3 Å². The molecule has 2 aromatic carbocycles. The van der Waals surface area contributed by atoms with Crippen LogP contribution in [0.4, 0.5) is 10.1 Å². The zero-order chi connectivity index (χ0) is 29.9. The van der Waals surface area contributed by atoms with E-state index in [0.29, 0.717) is 11.3 Å². The second kappa shape index (κ2) is 12.4. The van der Waals surface area contributed by atoms with Crippen molar-refractivity contribution in [2.45, 2.75) is 41.5 Å². The standard InChI is InChI=1S/C27H32FN3O7S3/c1-18-15-31(19(2)17-32)26(33)14-20-13-22(29-40(34,35)27-5-4-12-39-27)8-11-24(20)38-25(18)16-30(3)41(36,37)23-9-6-21(28)7-10-23/h4-13,18-19,25,29,32H,14-17H2,1-3H3/t18-,19-,25-/m0/s1. The molecule has 1 amide bonds. The normalized spacial score (nSPS) is 19.1. The number of benzene rings is 2. The molecule has 1 aromatic heterocycles. The number of hydrogen-bond donors (Lipinski definition) is 2. The van der Waals surface area contributed by atoms with E-state index in [4.69, 9.17) is 4.74 Å². The molecule has 4 rings (SSSR count). The summed E-state index contributed by atoms with van der Waals surface area (Å²) in [5, 5.41) is 11.5. The Bertz CT molecular complexity index is 1580. The lowest BCUT2D eigenvalue weighted by Crippen LogP contribution is -2.48. The molecule has 0 radical (unpaired) electrons. The third-order valence-electron chi connectivity index (χ3n) is 6.89. The minimum Gasteiger partial charge on any atom is -0.488 e. The maximum absolute atomic E-state index is 13.4. The second-order valence-electron chi connectivity index (χ2n) is 9.99. The third-order valence-corrected chi connectivity index (χ3v) is 11.5. The fourth-order valence-electron chi connectivity index (χ4n) is 4.47. The Kier molecular flexibility index (Phi) is 9.39. The summed E-state index contributed by atoms with van der Waals surface area (Å²) >= 11 is 1.07. The van der Waals surface area contributed by atoms with Crippen LogP contribution in [0.1, 0.15) is 19.4 Å². The van der Waals surface area contributed by atoms with Gasteiger partial charge in [-0.1, -0.05) is 13.0 Å². The molecule has 0 fully saturated rings. The number of ether oxygens (including phenoxy) is 1. The number of halogens is 1. The Morgan fingerprint density at radius 1 is 1.17 bits per heavy atom. The Morgan fingerprint density at radius 3 is 2.51 bits per heavy atom. The van der Waals surface area contributed by atoms with E-state index in [-0.39, 0.29) is 52.7 Å². The van der Waals surface area contributed by atoms with Gasteiger partial charge in [0.05, 0.1) is 30.5 Å². The topological polar surface area (TPSA) is 133 Å². The Labute approximate surface area is 243 Å². The first kappa shape index (κ1) is 30.9. The lowest BCUT2D eigenvalue weighted by molar-refractivity contribution is -0.134. The summed E-state index contributed by atoms with van der Waals surface area (Å²) in [6, 6.07) is 11.7. The van der Waals surface area contributed by atoms with Crippen LogP contribution in [0, 0.1) is 11.7 Å². The molecule has 10 nitrogen and oxygen atoms in total. The predicted molar refractivity (Wildman–Crippen MR) is 153 cm³/mol. The average molecular weight is 626 g/mol. The number of thiophene rings is 1. The van der Waals surface area contributed by atoms with Crippen molar-refractivity contribution in [2.24, 2.45) is 5.92 Å². The Hall–Kier alpha value is -3.04. The first-order chi connectivity index (χ1) is 19.3. The number of nitrogens with zero attached hydrogens (tertiary/aromatic N) is 2. The van der Waals surface area contributed by atoms with Crippen molar-refractivity contribution < 1.29 is 35.9 Å². The molecule has 1 aliphatic heterocycles. The average Bonchev–Trinajstić information content (AvgIpc) is 3.49. The number of hydrogen-bond acceptors (Lipinski definition) is 8. The largest absolute Gasteiger partial charge is 0.488 e. The summed E-state index contributed by atoms with van der Waals surface area (Å²) in [6.45, 7) is 3.33. The van der Waals surface area contributed by atoms with Gasteiger partial charge in [-0.3, -0.25) is 9.52 Å². The van der Waals surface area contributed by atoms with Gasteiger partial charge in [0.25, 0.3) is 10.0 Å². The van der Waals surface area contributed by atoms with E-state index >= 15 is 0 Å². The number of aliphatic hydroxyl groups excluding tert-OH is 1. The maximum Gasteiger partial charge on any atom is 0.271 e. The van der Waals surface area contributed by atoms with Crippen LogP contribution in [0.3, 0.4) is 0 Å². The molecule has 0 saturated carbocycles. The molecule has 3 aromatic rings. The third kappa shape index (κ3) is 7.07. The molecule has 2 heterocycles. The van der Waals surface area contributed by atoms with Gasteiger partial charge in [-0.05, 0) is 60.8 Å². The number of sulfonamides is 2. The summed E-state index contributed by atoms with van der Waals surface area (Å²) < 4.78 is 75.5. The van der Waals surface area contributed by atoms with Gasteiger partial charge < -0.3 is 14.7 Å². The van der Waals surface area contributed by atoms with Gasteiger partial charge in [-0.25, -0.2) is 21.2 Å². The van der Waals surface area contributed by atoms with Gasteiger partial charge in [0, 0.05) is 30.8 Å². The van der Waals surface area contributed by atoms with Gasteiger partial charge in [-0.2, -0.15) is 4.31 Å². The number of likely N-dealkylation sites (N-methyl/N-ethyl adjacent to an activating group) is 1. The Balaban J connectivity index is 1.68. The smallest absolute Gasteiger partial charge is 0.271 e. The highest BCUT2D eigenvalue weighted by Gasteiger charge is 2.33. The van der Waals surface area contributed by atoms with Crippen molar-refractivity contribution in [2.75, 3.05) is 31.5 Å². The van der Waals surface area contributed by atoms with E-state index in [1.54, 1.807) is 24.4 Å². The predicted octanol–water partition coefficient (Wildman–Crippen LogP) is 3.16. The number of amides is 1. The van der Waals surface area contributed by atoms with Crippen LogP contribution in [-0.2, 0) is 31.3 Å². The van der Waals surface area contributed by atoms with E-state index in [0.717, 1.165) is 27.8 Å².